The zero-order valence-electron chi connectivity index (χ0n) is 33.9. The first-order valence-electron chi connectivity index (χ1n) is 20.7. The molecule has 3 nitrogen and oxygen atoms in total. The van der Waals surface area contributed by atoms with Gasteiger partial charge in [-0.05, 0) is 120 Å². The van der Waals surface area contributed by atoms with E-state index in [1.54, 1.807) is 0 Å². The molecule has 2 aromatic heterocycles. The molecule has 9 aromatic carbocycles. The number of hydrogen-bond acceptors (Lipinski definition) is 2. The smallest absolute Gasteiger partial charge is 0.145 e. The van der Waals surface area contributed by atoms with Crippen LogP contribution in [0.25, 0.3) is 82.8 Å². The van der Waals surface area contributed by atoms with Crippen molar-refractivity contribution in [2.75, 3.05) is 4.90 Å². The van der Waals surface area contributed by atoms with Crippen LogP contribution in [-0.4, -0.2) is 4.57 Å². The van der Waals surface area contributed by atoms with Crippen molar-refractivity contribution in [3.63, 3.8) is 0 Å². The van der Waals surface area contributed by atoms with Gasteiger partial charge in [-0.25, -0.2) is 0 Å². The third-order valence-corrected chi connectivity index (χ3v) is 12.2. The van der Waals surface area contributed by atoms with Crippen molar-refractivity contribution in [3.05, 3.63) is 217 Å². The molecule has 2 heterocycles. The van der Waals surface area contributed by atoms with Gasteiger partial charge in [-0.15, -0.1) is 0 Å². The topological polar surface area (TPSA) is 21.3 Å². The van der Waals surface area contributed by atoms with E-state index in [9.17, 15) is 0 Å². The minimum absolute atomic E-state index is 0.860. The van der Waals surface area contributed by atoms with Crippen LogP contribution in [0.15, 0.2) is 205 Å². The van der Waals surface area contributed by atoms with Crippen LogP contribution < -0.4 is 4.90 Å². The summed E-state index contributed by atoms with van der Waals surface area (Å²) in [6.07, 6.45) is 0. The molecule has 3 heteroatoms. The van der Waals surface area contributed by atoms with Crippen molar-refractivity contribution in [1.82, 2.24) is 4.57 Å². The molecule has 0 amide bonds. The molecule has 0 atom stereocenters. The number of para-hydroxylation sites is 4. The average Bonchev–Trinajstić information content (AvgIpc) is 3.85. The standard InChI is InChI=1S/C57H42N2O/c1-37-36-54(39(3)35-48(37)41-20-8-5-9-21-41)58(49-32-30-42(34-38(49)2)40-18-6-4-7-19-40)53-33-31-46(57-56(53)47-25-13-17-29-55(47)60-57)45-24-12-16-28-52(45)59-50-26-14-10-22-43(50)44-23-11-15-27-51(44)59/h4-36H,1-3H3. The maximum absolute atomic E-state index is 7.05. The maximum atomic E-state index is 7.05. The number of nitrogens with zero attached hydrogens (tertiary/aromatic N) is 2. The second-order valence-corrected chi connectivity index (χ2v) is 15.8. The summed E-state index contributed by atoms with van der Waals surface area (Å²) in [6.45, 7) is 6.70. The highest BCUT2D eigenvalue weighted by atomic mass is 16.3. The quantitative estimate of drug-likeness (QED) is 0.161. The Morgan fingerprint density at radius 1 is 0.383 bits per heavy atom. The Morgan fingerprint density at radius 3 is 1.68 bits per heavy atom. The zero-order chi connectivity index (χ0) is 40.3. The Morgan fingerprint density at radius 2 is 0.967 bits per heavy atom. The summed E-state index contributed by atoms with van der Waals surface area (Å²) in [6, 6.07) is 72.1. The first-order chi connectivity index (χ1) is 29.5. The van der Waals surface area contributed by atoms with Gasteiger partial charge in [0.25, 0.3) is 0 Å². The lowest BCUT2D eigenvalue weighted by Crippen LogP contribution is -2.14. The third-order valence-electron chi connectivity index (χ3n) is 12.2. The van der Waals surface area contributed by atoms with Gasteiger partial charge in [-0.1, -0.05) is 140 Å². The highest BCUT2D eigenvalue weighted by molar-refractivity contribution is 6.18. The van der Waals surface area contributed by atoms with Crippen LogP contribution in [0.1, 0.15) is 16.7 Å². The molecular formula is C57H42N2O. The molecule has 0 N–H and O–H groups in total. The number of aromatic nitrogens is 1. The van der Waals surface area contributed by atoms with E-state index in [2.05, 4.69) is 230 Å². The van der Waals surface area contributed by atoms with Crippen LogP contribution in [0.5, 0.6) is 0 Å². The predicted octanol–water partition coefficient (Wildman–Crippen LogP) is 16.1. The number of furan rings is 1. The highest BCUT2D eigenvalue weighted by Gasteiger charge is 2.26. The van der Waals surface area contributed by atoms with Gasteiger partial charge in [0.15, 0.2) is 0 Å². The SMILES string of the molecule is Cc1cc(N(c2ccc(-c3ccccc3)cc2C)c2ccc(-c3ccccc3-n3c4ccccc4c4ccccc43)c3oc4ccccc4c23)c(C)cc1-c1ccccc1. The van der Waals surface area contributed by atoms with E-state index in [0.717, 1.165) is 55.8 Å². The van der Waals surface area contributed by atoms with Crippen molar-refractivity contribution in [1.29, 1.82) is 0 Å². The van der Waals surface area contributed by atoms with E-state index >= 15 is 0 Å². The normalized spacial score (nSPS) is 11.6. The van der Waals surface area contributed by atoms with Crippen LogP contribution in [0.2, 0.25) is 0 Å². The van der Waals surface area contributed by atoms with Crippen LogP contribution in [0, 0.1) is 20.8 Å². The fraction of sp³-hybridized carbons (Fsp3) is 0.0526. The third kappa shape index (κ3) is 5.73. The number of aryl methyl sites for hydroxylation is 3. The molecule has 11 aromatic rings. The molecule has 0 aliphatic carbocycles. The van der Waals surface area contributed by atoms with E-state index in [0.29, 0.717) is 0 Å². The number of fused-ring (bicyclic) bond motifs is 6. The van der Waals surface area contributed by atoms with Crippen LogP contribution in [-0.2, 0) is 0 Å². The molecule has 11 rings (SSSR count). The van der Waals surface area contributed by atoms with Crippen molar-refractivity contribution in [3.8, 4) is 39.1 Å². The van der Waals surface area contributed by atoms with E-state index in [1.807, 2.05) is 0 Å². The van der Waals surface area contributed by atoms with Gasteiger partial charge < -0.3 is 13.9 Å². The van der Waals surface area contributed by atoms with Gasteiger partial charge in [0.05, 0.1) is 27.8 Å². The number of rotatable bonds is 7. The Kier molecular flexibility index (Phi) is 8.49. The summed E-state index contributed by atoms with van der Waals surface area (Å²) in [7, 11) is 0. The van der Waals surface area contributed by atoms with Gasteiger partial charge in [-0.2, -0.15) is 0 Å². The summed E-state index contributed by atoms with van der Waals surface area (Å²) in [5, 5.41) is 4.63. The lowest BCUT2D eigenvalue weighted by Gasteiger charge is -2.30. The van der Waals surface area contributed by atoms with Gasteiger partial charge in [0.1, 0.15) is 11.2 Å². The first-order valence-corrected chi connectivity index (χ1v) is 20.7. The molecule has 60 heavy (non-hydrogen) atoms. The summed E-state index contributed by atoms with van der Waals surface area (Å²) in [5.74, 6) is 0. The molecule has 0 aliphatic heterocycles. The number of anilines is 3. The Balaban J connectivity index is 1.18. The molecule has 0 aliphatic rings. The number of hydrogen-bond donors (Lipinski definition) is 0. The molecular weight excluding hydrogens is 729 g/mol. The van der Waals surface area contributed by atoms with Gasteiger partial charge in [0, 0.05) is 38.7 Å². The zero-order valence-corrected chi connectivity index (χ0v) is 33.9. The highest BCUT2D eigenvalue weighted by Crippen LogP contribution is 2.49. The maximum Gasteiger partial charge on any atom is 0.145 e. The molecule has 0 radical (unpaired) electrons. The van der Waals surface area contributed by atoms with E-state index in [4.69, 9.17) is 4.42 Å². The van der Waals surface area contributed by atoms with Crippen LogP contribution in [0.4, 0.5) is 17.1 Å². The van der Waals surface area contributed by atoms with E-state index in [-0.39, 0.29) is 0 Å². The van der Waals surface area contributed by atoms with Crippen LogP contribution in [0.3, 0.4) is 0 Å². The molecule has 0 fully saturated rings. The van der Waals surface area contributed by atoms with Crippen molar-refractivity contribution in [2.45, 2.75) is 20.8 Å². The summed E-state index contributed by atoms with van der Waals surface area (Å²) in [4.78, 5) is 2.47. The van der Waals surface area contributed by atoms with E-state index in [1.165, 1.54) is 60.8 Å². The van der Waals surface area contributed by atoms with Gasteiger partial charge in [0.2, 0.25) is 0 Å². The summed E-state index contributed by atoms with van der Waals surface area (Å²) < 4.78 is 9.46. The minimum atomic E-state index is 0.860. The lowest BCUT2D eigenvalue weighted by molar-refractivity contribution is 0.670. The van der Waals surface area contributed by atoms with Crippen LogP contribution >= 0.6 is 0 Å². The fourth-order valence-corrected chi connectivity index (χ4v) is 9.36. The minimum Gasteiger partial charge on any atom is -0.455 e. The number of benzene rings is 9. The molecule has 0 saturated carbocycles. The molecule has 286 valence electrons. The second-order valence-electron chi connectivity index (χ2n) is 15.8. The van der Waals surface area contributed by atoms with Crippen molar-refractivity contribution in [2.24, 2.45) is 0 Å². The average molecular weight is 771 g/mol. The lowest BCUT2D eigenvalue weighted by atomic mass is 9.94. The monoisotopic (exact) mass is 770 g/mol. The molecule has 0 bridgehead atoms. The Hall–Kier alpha value is -7.62. The van der Waals surface area contributed by atoms with Gasteiger partial charge in [-0.3, -0.25) is 0 Å². The predicted molar refractivity (Wildman–Crippen MR) is 253 cm³/mol. The largest absolute Gasteiger partial charge is 0.455 e. The first kappa shape index (κ1) is 35.5. The molecule has 0 unspecified atom stereocenters. The van der Waals surface area contributed by atoms with E-state index < -0.39 is 0 Å². The van der Waals surface area contributed by atoms with Gasteiger partial charge >= 0.3 is 0 Å². The Labute approximate surface area is 350 Å². The van der Waals surface area contributed by atoms with Crippen molar-refractivity contribution < 1.29 is 4.42 Å². The second kappa shape index (κ2) is 14.3. The molecule has 0 saturated heterocycles. The summed E-state index contributed by atoms with van der Waals surface area (Å²) in [5.41, 5.74) is 19.1. The molecule has 0 spiro atoms. The fourth-order valence-electron chi connectivity index (χ4n) is 9.36. The van der Waals surface area contributed by atoms with Crippen molar-refractivity contribution >= 4 is 60.8 Å². The Bertz CT molecular complexity index is 3360. The summed E-state index contributed by atoms with van der Waals surface area (Å²) >= 11 is 0.